The molecule has 0 saturated carbocycles. The Bertz CT molecular complexity index is 442. The van der Waals surface area contributed by atoms with E-state index in [0.717, 1.165) is 13.1 Å². The second-order valence-corrected chi connectivity index (χ2v) is 6.78. The first-order chi connectivity index (χ1) is 9.40. The summed E-state index contributed by atoms with van der Waals surface area (Å²) < 4.78 is 38.4. The summed E-state index contributed by atoms with van der Waals surface area (Å²) in [7, 11) is 1.90. The van der Waals surface area contributed by atoms with Gasteiger partial charge >= 0.3 is 6.18 Å². The highest BCUT2D eigenvalue weighted by Gasteiger charge is 2.41. The molecule has 1 saturated heterocycles. The summed E-state index contributed by atoms with van der Waals surface area (Å²) in [5.41, 5.74) is 1.17. The van der Waals surface area contributed by atoms with Gasteiger partial charge in [0.25, 0.3) is 0 Å². The summed E-state index contributed by atoms with van der Waals surface area (Å²) in [4.78, 5) is 4.40. The molecule has 1 unspecified atom stereocenters. The second-order valence-electron chi connectivity index (χ2n) is 5.44. The molecule has 6 heteroatoms. The summed E-state index contributed by atoms with van der Waals surface area (Å²) in [5.74, 6) is -1.16. The van der Waals surface area contributed by atoms with Crippen LogP contribution in [0.25, 0.3) is 0 Å². The summed E-state index contributed by atoms with van der Waals surface area (Å²) in [6.45, 7) is 4.41. The van der Waals surface area contributed by atoms with Crippen molar-refractivity contribution in [1.29, 1.82) is 0 Å². The van der Waals surface area contributed by atoms with Gasteiger partial charge in [0, 0.05) is 29.4 Å². The lowest BCUT2D eigenvalue weighted by molar-refractivity contribution is -0.187. The number of nitrogens with one attached hydrogen (secondary N) is 1. The van der Waals surface area contributed by atoms with Crippen LogP contribution < -0.4 is 5.32 Å². The van der Waals surface area contributed by atoms with Gasteiger partial charge in [0.15, 0.2) is 0 Å². The van der Waals surface area contributed by atoms with Crippen molar-refractivity contribution in [2.24, 2.45) is 5.92 Å². The van der Waals surface area contributed by atoms with Gasteiger partial charge in [0.2, 0.25) is 0 Å². The smallest absolute Gasteiger partial charge is 0.315 e. The molecule has 1 aromatic heterocycles. The summed E-state index contributed by atoms with van der Waals surface area (Å²) >= 11 is 1.72. The number of aryl methyl sites for hydroxylation is 1. The summed E-state index contributed by atoms with van der Waals surface area (Å²) in [6, 6.07) is 2.12. The van der Waals surface area contributed by atoms with E-state index in [1.807, 2.05) is 18.9 Å². The van der Waals surface area contributed by atoms with Crippen LogP contribution in [0.4, 0.5) is 13.2 Å². The van der Waals surface area contributed by atoms with Gasteiger partial charge < -0.3 is 5.32 Å². The number of likely N-dealkylation sites (tertiary alicyclic amines) is 1. The molecule has 0 aliphatic carbocycles. The van der Waals surface area contributed by atoms with Crippen LogP contribution in [-0.2, 0) is 13.1 Å². The van der Waals surface area contributed by atoms with Crippen LogP contribution >= 0.6 is 11.3 Å². The average molecular weight is 306 g/mol. The van der Waals surface area contributed by atoms with Crippen molar-refractivity contribution in [1.82, 2.24) is 10.2 Å². The minimum atomic E-state index is -4.06. The molecule has 1 N–H and O–H groups in total. The Morgan fingerprint density at radius 3 is 2.85 bits per heavy atom. The number of halogens is 3. The van der Waals surface area contributed by atoms with E-state index < -0.39 is 12.1 Å². The number of alkyl halides is 3. The quantitative estimate of drug-likeness (QED) is 0.915. The maximum Gasteiger partial charge on any atom is 0.393 e. The summed E-state index contributed by atoms with van der Waals surface area (Å²) in [5, 5.41) is 3.10. The van der Waals surface area contributed by atoms with Crippen LogP contribution in [-0.4, -0.2) is 31.2 Å². The van der Waals surface area contributed by atoms with Crippen LogP contribution in [0.1, 0.15) is 28.2 Å². The molecule has 1 fully saturated rings. The van der Waals surface area contributed by atoms with Crippen molar-refractivity contribution in [3.8, 4) is 0 Å². The highest BCUT2D eigenvalue weighted by Crippen LogP contribution is 2.34. The Hall–Kier alpha value is -0.590. The molecule has 2 rings (SSSR count). The van der Waals surface area contributed by atoms with E-state index in [2.05, 4.69) is 11.4 Å². The maximum absolute atomic E-state index is 12.8. The molecule has 0 amide bonds. The number of piperidine rings is 1. The Kier molecular flexibility index (Phi) is 5.09. The lowest BCUT2D eigenvalue weighted by Crippen LogP contribution is -2.41. The first-order valence-electron chi connectivity index (χ1n) is 6.92. The number of thiophene rings is 1. The highest BCUT2D eigenvalue weighted by atomic mass is 32.1. The lowest BCUT2D eigenvalue weighted by atomic mass is 9.97. The minimum absolute atomic E-state index is 0.139. The molecule has 2 heterocycles. The predicted octanol–water partition coefficient (Wildman–Crippen LogP) is 3.55. The number of rotatable bonds is 4. The third-order valence-corrected chi connectivity index (χ3v) is 4.88. The minimum Gasteiger partial charge on any atom is -0.315 e. The van der Waals surface area contributed by atoms with Crippen molar-refractivity contribution in [2.75, 3.05) is 20.1 Å². The van der Waals surface area contributed by atoms with Crippen LogP contribution in [0.15, 0.2) is 6.07 Å². The van der Waals surface area contributed by atoms with E-state index in [0.29, 0.717) is 13.0 Å². The molecule has 0 radical (unpaired) electrons. The second kappa shape index (κ2) is 6.45. The Morgan fingerprint density at radius 2 is 2.20 bits per heavy atom. The molecular weight excluding hydrogens is 285 g/mol. The van der Waals surface area contributed by atoms with Crippen LogP contribution in [0.5, 0.6) is 0 Å². The van der Waals surface area contributed by atoms with Gasteiger partial charge in [0.1, 0.15) is 0 Å². The molecule has 1 atom stereocenters. The molecule has 0 spiro atoms. The predicted molar refractivity (Wildman–Crippen MR) is 75.9 cm³/mol. The molecule has 0 aromatic carbocycles. The summed E-state index contributed by atoms with van der Waals surface area (Å²) in [6.07, 6.45) is -3.15. The van der Waals surface area contributed by atoms with E-state index in [1.165, 1.54) is 15.3 Å². The fourth-order valence-corrected chi connectivity index (χ4v) is 3.78. The maximum atomic E-state index is 12.8. The number of hydrogen-bond acceptors (Lipinski definition) is 3. The van der Waals surface area contributed by atoms with Crippen LogP contribution in [0.3, 0.4) is 0 Å². The standard InChI is InChI=1S/C14H21F3N2S/c1-10-11(6-13(20-10)7-18-2)8-19-5-3-4-12(9-19)14(15,16)17/h6,12,18H,3-5,7-9H2,1-2H3. The zero-order valence-electron chi connectivity index (χ0n) is 11.9. The van der Waals surface area contributed by atoms with Crippen molar-refractivity contribution in [3.63, 3.8) is 0 Å². The first kappa shape index (κ1) is 15.8. The van der Waals surface area contributed by atoms with Crippen LogP contribution in [0.2, 0.25) is 0 Å². The van der Waals surface area contributed by atoms with Gasteiger partial charge in [-0.1, -0.05) is 0 Å². The van der Waals surface area contributed by atoms with Crippen molar-refractivity contribution >= 4 is 11.3 Å². The monoisotopic (exact) mass is 306 g/mol. The fraction of sp³-hybridized carbons (Fsp3) is 0.714. The largest absolute Gasteiger partial charge is 0.393 e. The van der Waals surface area contributed by atoms with Crippen molar-refractivity contribution in [3.05, 3.63) is 21.4 Å². The zero-order valence-corrected chi connectivity index (χ0v) is 12.7. The third-order valence-electron chi connectivity index (χ3n) is 3.78. The molecule has 1 aromatic rings. The molecule has 1 aliphatic rings. The third kappa shape index (κ3) is 3.96. The number of nitrogens with zero attached hydrogens (tertiary/aromatic N) is 1. The SMILES string of the molecule is CNCc1cc(CN2CCCC(C(F)(F)F)C2)c(C)s1. The Balaban J connectivity index is 1.99. The van der Waals surface area contributed by atoms with E-state index in [-0.39, 0.29) is 13.0 Å². The van der Waals surface area contributed by atoms with E-state index >= 15 is 0 Å². The van der Waals surface area contributed by atoms with Gasteiger partial charge in [-0.15, -0.1) is 11.3 Å². The molecular formula is C14H21F3N2S. The van der Waals surface area contributed by atoms with Crippen molar-refractivity contribution in [2.45, 2.75) is 39.0 Å². The van der Waals surface area contributed by atoms with E-state index in [9.17, 15) is 13.2 Å². The van der Waals surface area contributed by atoms with E-state index in [1.54, 1.807) is 11.3 Å². The molecule has 2 nitrogen and oxygen atoms in total. The van der Waals surface area contributed by atoms with Gasteiger partial charge in [0.05, 0.1) is 5.92 Å². The van der Waals surface area contributed by atoms with Crippen molar-refractivity contribution < 1.29 is 13.2 Å². The van der Waals surface area contributed by atoms with Crippen LogP contribution in [0, 0.1) is 12.8 Å². The van der Waals surface area contributed by atoms with Gasteiger partial charge in [-0.05, 0) is 45.0 Å². The molecule has 1 aliphatic heterocycles. The fourth-order valence-electron chi connectivity index (χ4n) is 2.71. The van der Waals surface area contributed by atoms with Gasteiger partial charge in [-0.3, -0.25) is 4.90 Å². The van der Waals surface area contributed by atoms with E-state index in [4.69, 9.17) is 0 Å². The van der Waals surface area contributed by atoms with Gasteiger partial charge in [-0.25, -0.2) is 0 Å². The Morgan fingerprint density at radius 1 is 1.45 bits per heavy atom. The average Bonchev–Trinajstić information content (AvgIpc) is 2.69. The number of hydrogen-bond donors (Lipinski definition) is 1. The Labute approximate surface area is 122 Å². The topological polar surface area (TPSA) is 15.3 Å². The van der Waals surface area contributed by atoms with Gasteiger partial charge in [-0.2, -0.15) is 13.2 Å². The lowest BCUT2D eigenvalue weighted by Gasteiger charge is -2.33. The molecule has 0 bridgehead atoms. The normalized spacial score (nSPS) is 21.4. The zero-order chi connectivity index (χ0) is 14.8. The molecule has 20 heavy (non-hydrogen) atoms. The highest BCUT2D eigenvalue weighted by molar-refractivity contribution is 7.12. The first-order valence-corrected chi connectivity index (χ1v) is 7.73. The molecule has 114 valence electrons.